The molecular weight excluding hydrogens is 328 g/mol. The summed E-state index contributed by atoms with van der Waals surface area (Å²) in [5, 5.41) is 2.79. The molecule has 24 heavy (non-hydrogen) atoms. The Hall–Kier alpha value is -1.44. The van der Waals surface area contributed by atoms with Crippen molar-refractivity contribution in [3.63, 3.8) is 0 Å². The van der Waals surface area contributed by atoms with Crippen molar-refractivity contribution >= 4 is 15.9 Å². The first-order valence-corrected chi connectivity index (χ1v) is 9.76. The molecule has 0 aliphatic carbocycles. The van der Waals surface area contributed by atoms with Crippen molar-refractivity contribution in [1.82, 2.24) is 10.0 Å². The van der Waals surface area contributed by atoms with E-state index in [1.54, 1.807) is 0 Å². The van der Waals surface area contributed by atoms with E-state index >= 15 is 0 Å². The van der Waals surface area contributed by atoms with Crippen molar-refractivity contribution < 1.29 is 17.9 Å². The molecule has 1 amide bonds. The monoisotopic (exact) mass is 356 g/mol. The minimum Gasteiger partial charge on any atom is -0.379 e. The first-order chi connectivity index (χ1) is 11.3. The van der Waals surface area contributed by atoms with Gasteiger partial charge in [0.1, 0.15) is 0 Å². The van der Waals surface area contributed by atoms with Gasteiger partial charge < -0.3 is 10.1 Å². The Bertz CT molecular complexity index is 612. The lowest BCUT2D eigenvalue weighted by Crippen LogP contribution is -2.32. The van der Waals surface area contributed by atoms with Crippen molar-refractivity contribution in [2.75, 3.05) is 13.2 Å². The zero-order chi connectivity index (χ0) is 18.2. The SMILES string of the molecule is CCC(C)NS(=O)(=O)c1ccc(C(=O)NCCCOC(C)C)cc1. The summed E-state index contributed by atoms with van der Waals surface area (Å²) in [5.41, 5.74) is 0.433. The lowest BCUT2D eigenvalue weighted by molar-refractivity contribution is 0.0757. The highest BCUT2D eigenvalue weighted by molar-refractivity contribution is 7.89. The number of nitrogens with one attached hydrogen (secondary N) is 2. The maximum absolute atomic E-state index is 12.2. The number of rotatable bonds is 10. The minimum atomic E-state index is -3.54. The van der Waals surface area contributed by atoms with Crippen LogP contribution in [-0.4, -0.2) is 39.6 Å². The third-order valence-electron chi connectivity index (χ3n) is 3.45. The number of ether oxygens (including phenoxy) is 1. The van der Waals surface area contributed by atoms with Crippen LogP contribution in [0.1, 0.15) is 50.9 Å². The molecule has 0 aliphatic rings. The second-order valence-corrected chi connectivity index (χ2v) is 7.70. The van der Waals surface area contributed by atoms with Crippen LogP contribution in [0, 0.1) is 0 Å². The molecule has 0 radical (unpaired) electrons. The van der Waals surface area contributed by atoms with E-state index in [9.17, 15) is 13.2 Å². The Labute approximate surface area is 145 Å². The van der Waals surface area contributed by atoms with Gasteiger partial charge in [-0.2, -0.15) is 0 Å². The third kappa shape index (κ3) is 6.98. The predicted molar refractivity (Wildman–Crippen MR) is 94.6 cm³/mol. The summed E-state index contributed by atoms with van der Waals surface area (Å²) in [6, 6.07) is 5.80. The number of carbonyl (C=O) groups excluding carboxylic acids is 1. The van der Waals surface area contributed by atoms with Crippen LogP contribution in [0.3, 0.4) is 0 Å². The van der Waals surface area contributed by atoms with E-state index in [2.05, 4.69) is 10.0 Å². The van der Waals surface area contributed by atoms with Crippen LogP contribution in [0.5, 0.6) is 0 Å². The number of amides is 1. The molecule has 0 heterocycles. The zero-order valence-corrected chi connectivity index (χ0v) is 15.7. The van der Waals surface area contributed by atoms with Crippen molar-refractivity contribution in [2.24, 2.45) is 0 Å². The Morgan fingerprint density at radius 3 is 2.33 bits per heavy atom. The normalized spacial score (nSPS) is 13.0. The van der Waals surface area contributed by atoms with E-state index in [-0.39, 0.29) is 22.9 Å². The number of sulfonamides is 1. The molecule has 0 bridgehead atoms. The van der Waals surface area contributed by atoms with Gasteiger partial charge in [0.15, 0.2) is 0 Å². The number of carbonyl (C=O) groups is 1. The van der Waals surface area contributed by atoms with E-state index in [1.165, 1.54) is 24.3 Å². The molecular formula is C17H28N2O4S. The Morgan fingerprint density at radius 2 is 1.79 bits per heavy atom. The molecule has 136 valence electrons. The number of hydrogen-bond acceptors (Lipinski definition) is 4. The van der Waals surface area contributed by atoms with Crippen molar-refractivity contribution in [3.8, 4) is 0 Å². The third-order valence-corrected chi connectivity index (χ3v) is 5.06. The van der Waals surface area contributed by atoms with E-state index in [1.807, 2.05) is 27.7 Å². The summed E-state index contributed by atoms with van der Waals surface area (Å²) < 4.78 is 32.3. The highest BCUT2D eigenvalue weighted by Crippen LogP contribution is 2.11. The summed E-state index contributed by atoms with van der Waals surface area (Å²) >= 11 is 0. The van der Waals surface area contributed by atoms with Gasteiger partial charge in [-0.1, -0.05) is 6.92 Å². The van der Waals surface area contributed by atoms with Crippen LogP contribution >= 0.6 is 0 Å². The average Bonchev–Trinajstić information content (AvgIpc) is 2.53. The smallest absolute Gasteiger partial charge is 0.251 e. The lowest BCUT2D eigenvalue weighted by Gasteiger charge is -2.12. The van der Waals surface area contributed by atoms with Gasteiger partial charge in [-0.15, -0.1) is 0 Å². The van der Waals surface area contributed by atoms with Crippen LogP contribution in [0.4, 0.5) is 0 Å². The van der Waals surface area contributed by atoms with Gasteiger partial charge in [0, 0.05) is 24.8 Å². The fourth-order valence-electron chi connectivity index (χ4n) is 1.90. The summed E-state index contributed by atoms with van der Waals surface area (Å²) in [4.78, 5) is 12.2. The van der Waals surface area contributed by atoms with Gasteiger partial charge >= 0.3 is 0 Å². The zero-order valence-electron chi connectivity index (χ0n) is 14.8. The standard InChI is InChI=1S/C17H28N2O4S/c1-5-14(4)19-24(21,22)16-9-7-15(8-10-16)17(20)18-11-6-12-23-13(2)3/h7-10,13-14,19H,5-6,11-12H2,1-4H3,(H,18,20). The second kappa shape index (κ2) is 9.76. The molecule has 1 aromatic rings. The Morgan fingerprint density at radius 1 is 1.17 bits per heavy atom. The summed E-state index contributed by atoms with van der Waals surface area (Å²) in [6.45, 7) is 8.75. The van der Waals surface area contributed by atoms with Gasteiger partial charge in [0.2, 0.25) is 10.0 Å². The first-order valence-electron chi connectivity index (χ1n) is 8.28. The molecule has 1 rings (SSSR count). The van der Waals surface area contributed by atoms with E-state index < -0.39 is 10.0 Å². The van der Waals surface area contributed by atoms with E-state index in [4.69, 9.17) is 4.74 Å². The minimum absolute atomic E-state index is 0.133. The highest BCUT2D eigenvalue weighted by atomic mass is 32.2. The van der Waals surface area contributed by atoms with Gasteiger partial charge in [-0.3, -0.25) is 4.79 Å². The van der Waals surface area contributed by atoms with E-state index in [0.29, 0.717) is 25.1 Å². The van der Waals surface area contributed by atoms with E-state index in [0.717, 1.165) is 6.42 Å². The highest BCUT2D eigenvalue weighted by Gasteiger charge is 2.17. The fraction of sp³-hybridized carbons (Fsp3) is 0.588. The molecule has 1 atom stereocenters. The van der Waals surface area contributed by atoms with Crippen LogP contribution in [0.15, 0.2) is 29.2 Å². The van der Waals surface area contributed by atoms with Gasteiger partial charge in [-0.05, 0) is 57.9 Å². The molecule has 0 fully saturated rings. The first kappa shape index (κ1) is 20.6. The topological polar surface area (TPSA) is 84.5 Å². The summed E-state index contributed by atoms with van der Waals surface area (Å²) in [5.74, 6) is -0.224. The molecule has 1 unspecified atom stereocenters. The van der Waals surface area contributed by atoms with Gasteiger partial charge in [-0.25, -0.2) is 13.1 Å². The lowest BCUT2D eigenvalue weighted by atomic mass is 10.2. The fourth-order valence-corrected chi connectivity index (χ4v) is 3.22. The van der Waals surface area contributed by atoms with Crippen LogP contribution in [0.25, 0.3) is 0 Å². The molecule has 0 saturated carbocycles. The predicted octanol–water partition coefficient (Wildman–Crippen LogP) is 2.31. The van der Waals surface area contributed by atoms with Gasteiger partial charge in [0.05, 0.1) is 11.0 Å². The Kier molecular flexibility index (Phi) is 8.38. The average molecular weight is 356 g/mol. The number of benzene rings is 1. The van der Waals surface area contributed by atoms with Crippen LogP contribution < -0.4 is 10.0 Å². The molecule has 0 spiro atoms. The molecule has 0 aromatic heterocycles. The molecule has 0 aliphatic heterocycles. The molecule has 0 saturated heterocycles. The maximum atomic E-state index is 12.2. The molecule has 7 heteroatoms. The summed E-state index contributed by atoms with van der Waals surface area (Å²) in [6.07, 6.45) is 1.62. The Balaban J connectivity index is 2.56. The van der Waals surface area contributed by atoms with Crippen molar-refractivity contribution in [1.29, 1.82) is 0 Å². The molecule has 6 nitrogen and oxygen atoms in total. The van der Waals surface area contributed by atoms with Crippen LogP contribution in [0.2, 0.25) is 0 Å². The number of hydrogen-bond donors (Lipinski definition) is 2. The van der Waals surface area contributed by atoms with Crippen LogP contribution in [-0.2, 0) is 14.8 Å². The molecule has 2 N–H and O–H groups in total. The largest absolute Gasteiger partial charge is 0.379 e. The maximum Gasteiger partial charge on any atom is 0.251 e. The quantitative estimate of drug-likeness (QED) is 0.630. The van der Waals surface area contributed by atoms with Gasteiger partial charge in [0.25, 0.3) is 5.91 Å². The van der Waals surface area contributed by atoms with Crippen molar-refractivity contribution in [2.45, 2.75) is 57.6 Å². The molecule has 1 aromatic carbocycles. The van der Waals surface area contributed by atoms with Crippen molar-refractivity contribution in [3.05, 3.63) is 29.8 Å². The second-order valence-electron chi connectivity index (χ2n) is 5.98. The summed E-state index contributed by atoms with van der Waals surface area (Å²) in [7, 11) is -3.54.